The Balaban J connectivity index is 1.32. The van der Waals surface area contributed by atoms with E-state index in [9.17, 15) is 0 Å². The van der Waals surface area contributed by atoms with E-state index in [1.165, 1.54) is 0 Å². The predicted octanol–water partition coefficient (Wildman–Crippen LogP) is 6.07. The Hall–Kier alpha value is -1.89. The Morgan fingerprint density at radius 3 is 1.78 bits per heavy atom. The maximum absolute atomic E-state index is 6.61. The zero-order valence-corrected chi connectivity index (χ0v) is 25.8. The lowest BCUT2D eigenvalue weighted by molar-refractivity contribution is -0.276. The third kappa shape index (κ3) is 9.05. The average molecular weight is 675 g/mol. The van der Waals surface area contributed by atoms with Crippen LogP contribution in [0.5, 0.6) is 0 Å². The Morgan fingerprint density at radius 1 is 0.707 bits per heavy atom. The molecule has 0 saturated carbocycles. The highest BCUT2D eigenvalue weighted by Gasteiger charge is 2.47. The highest BCUT2D eigenvalue weighted by Crippen LogP contribution is 2.34. The maximum Gasteiger partial charge on any atom is 0.172 e. The van der Waals surface area contributed by atoms with Crippen LogP contribution >= 0.6 is 22.6 Å². The van der Waals surface area contributed by atoms with Crippen molar-refractivity contribution in [2.75, 3.05) is 19.8 Å². The van der Waals surface area contributed by atoms with Crippen molar-refractivity contribution in [1.29, 1.82) is 0 Å². The summed E-state index contributed by atoms with van der Waals surface area (Å²) in [5.74, 6) is -0.614. The molecule has 2 fully saturated rings. The van der Waals surface area contributed by atoms with Gasteiger partial charge in [0.25, 0.3) is 0 Å². The van der Waals surface area contributed by atoms with Gasteiger partial charge in [-0.15, -0.1) is 0 Å². The van der Waals surface area contributed by atoms with Crippen molar-refractivity contribution in [3.8, 4) is 0 Å². The second-order valence-electron chi connectivity index (χ2n) is 10.8. The Bertz CT molecular complexity index is 1160. The molecule has 3 aromatic carbocycles. The van der Waals surface area contributed by atoms with Crippen molar-refractivity contribution < 1.29 is 33.2 Å². The fraction of sp³-hybridized carbons (Fsp3) is 0.455. The quantitative estimate of drug-likeness (QED) is 0.161. The van der Waals surface area contributed by atoms with Crippen LogP contribution in [-0.4, -0.2) is 60.2 Å². The van der Waals surface area contributed by atoms with Gasteiger partial charge in [0.05, 0.1) is 43.6 Å². The molecule has 2 heterocycles. The van der Waals surface area contributed by atoms with E-state index in [1.807, 2.05) is 68.4 Å². The summed E-state index contributed by atoms with van der Waals surface area (Å²) in [4.78, 5) is 0. The normalized spacial score (nSPS) is 27.6. The molecule has 3 aromatic rings. The summed E-state index contributed by atoms with van der Waals surface area (Å²) in [6.45, 7) is 6.35. The standard InChI is InChI=1S/C33H39IO7/c1-33(2)39-22-27(41-33)21-38-32-29(34)31(37-20-26-16-10-5-11-17-26)30(36-19-25-14-8-4-9-15-25)28(40-32)23-35-18-24-12-6-3-7-13-24/h3-17,27-32H,18-23H2,1-2H3/t27?,28-,29-,30-,31-,32+/m1/s1. The second kappa shape index (κ2) is 15.0. The third-order valence-corrected chi connectivity index (χ3v) is 8.35. The highest BCUT2D eigenvalue weighted by atomic mass is 127. The summed E-state index contributed by atoms with van der Waals surface area (Å²) >= 11 is 2.38. The Morgan fingerprint density at radius 2 is 1.24 bits per heavy atom. The van der Waals surface area contributed by atoms with Gasteiger partial charge in [-0.3, -0.25) is 0 Å². The van der Waals surface area contributed by atoms with Gasteiger partial charge in [-0.1, -0.05) is 114 Å². The van der Waals surface area contributed by atoms with Crippen LogP contribution in [0.1, 0.15) is 30.5 Å². The molecule has 0 spiro atoms. The van der Waals surface area contributed by atoms with Crippen LogP contribution in [0, 0.1) is 0 Å². The fourth-order valence-corrected chi connectivity index (χ4v) is 5.97. The van der Waals surface area contributed by atoms with Gasteiger partial charge in [-0.05, 0) is 30.5 Å². The van der Waals surface area contributed by atoms with E-state index >= 15 is 0 Å². The first-order valence-electron chi connectivity index (χ1n) is 14.1. The number of ether oxygens (including phenoxy) is 7. The molecule has 41 heavy (non-hydrogen) atoms. The van der Waals surface area contributed by atoms with Gasteiger partial charge in [0, 0.05) is 0 Å². The van der Waals surface area contributed by atoms with Crippen molar-refractivity contribution in [2.45, 2.75) is 74.1 Å². The van der Waals surface area contributed by atoms with Crippen LogP contribution in [0.2, 0.25) is 0 Å². The Labute approximate surface area is 256 Å². The SMILES string of the molecule is CC1(C)OCC(CO[C@H]2O[C@H](COCc3ccccc3)[C@@H](OCc3ccccc3)[C@H](OCc3ccccc3)[C@H]2I)O1. The largest absolute Gasteiger partial charge is 0.374 e. The van der Waals surface area contributed by atoms with E-state index < -0.39 is 18.2 Å². The minimum absolute atomic E-state index is 0.141. The Kier molecular flexibility index (Phi) is 11.2. The lowest BCUT2D eigenvalue weighted by atomic mass is 10.0. The molecule has 0 bridgehead atoms. The molecular formula is C33H39IO7. The van der Waals surface area contributed by atoms with Crippen molar-refractivity contribution in [1.82, 2.24) is 0 Å². The summed E-state index contributed by atoms with van der Waals surface area (Å²) in [6.07, 6.45) is -1.79. The predicted molar refractivity (Wildman–Crippen MR) is 163 cm³/mol. The molecule has 7 nitrogen and oxygen atoms in total. The highest BCUT2D eigenvalue weighted by molar-refractivity contribution is 14.1. The molecule has 8 heteroatoms. The third-order valence-electron chi connectivity index (χ3n) is 7.05. The van der Waals surface area contributed by atoms with Crippen LogP contribution < -0.4 is 0 Å². The van der Waals surface area contributed by atoms with Gasteiger partial charge in [0.15, 0.2) is 12.1 Å². The number of halogens is 1. The van der Waals surface area contributed by atoms with Crippen LogP contribution in [-0.2, 0) is 53.0 Å². The van der Waals surface area contributed by atoms with Crippen LogP contribution in [0.4, 0.5) is 0 Å². The van der Waals surface area contributed by atoms with Gasteiger partial charge < -0.3 is 33.2 Å². The molecule has 0 N–H and O–H groups in total. The van der Waals surface area contributed by atoms with Crippen molar-refractivity contribution in [3.05, 3.63) is 108 Å². The second-order valence-corrected chi connectivity index (χ2v) is 12.2. The molecule has 220 valence electrons. The maximum atomic E-state index is 6.61. The number of benzene rings is 3. The van der Waals surface area contributed by atoms with Gasteiger partial charge in [-0.25, -0.2) is 0 Å². The zero-order chi connectivity index (χ0) is 28.5. The molecule has 2 aliphatic rings. The molecular weight excluding hydrogens is 635 g/mol. The van der Waals surface area contributed by atoms with Crippen LogP contribution in [0.3, 0.4) is 0 Å². The molecule has 0 aromatic heterocycles. The summed E-state index contributed by atoms with van der Waals surface area (Å²) in [5, 5.41) is 0. The first-order valence-corrected chi connectivity index (χ1v) is 15.4. The van der Waals surface area contributed by atoms with E-state index in [0.29, 0.717) is 39.6 Å². The van der Waals surface area contributed by atoms with Gasteiger partial charge in [0.2, 0.25) is 0 Å². The minimum atomic E-state index is -0.614. The number of rotatable bonds is 13. The molecule has 0 amide bonds. The van der Waals surface area contributed by atoms with E-state index in [-0.39, 0.29) is 22.2 Å². The van der Waals surface area contributed by atoms with Gasteiger partial charge in [0.1, 0.15) is 24.4 Å². The monoisotopic (exact) mass is 674 g/mol. The van der Waals surface area contributed by atoms with Crippen molar-refractivity contribution >= 4 is 22.6 Å². The molecule has 2 aliphatic heterocycles. The molecule has 6 atom stereocenters. The first kappa shape index (κ1) is 30.6. The van der Waals surface area contributed by atoms with E-state index in [0.717, 1.165) is 16.7 Å². The van der Waals surface area contributed by atoms with Gasteiger partial charge in [-0.2, -0.15) is 0 Å². The van der Waals surface area contributed by atoms with Gasteiger partial charge >= 0.3 is 0 Å². The van der Waals surface area contributed by atoms with Crippen molar-refractivity contribution in [3.63, 3.8) is 0 Å². The van der Waals surface area contributed by atoms with E-state index in [4.69, 9.17) is 33.2 Å². The molecule has 0 aliphatic carbocycles. The summed E-state index contributed by atoms with van der Waals surface area (Å²) in [7, 11) is 0. The van der Waals surface area contributed by atoms with E-state index in [2.05, 4.69) is 59.0 Å². The van der Waals surface area contributed by atoms with E-state index in [1.54, 1.807) is 0 Å². The topological polar surface area (TPSA) is 64.6 Å². The average Bonchev–Trinajstić information content (AvgIpc) is 3.35. The van der Waals surface area contributed by atoms with Crippen LogP contribution in [0.15, 0.2) is 91.0 Å². The lowest BCUT2D eigenvalue weighted by Crippen LogP contribution is -2.59. The molecule has 2 saturated heterocycles. The number of alkyl halides is 1. The summed E-state index contributed by atoms with van der Waals surface area (Å²) < 4.78 is 43.8. The first-order chi connectivity index (χ1) is 20.0. The zero-order valence-electron chi connectivity index (χ0n) is 23.6. The van der Waals surface area contributed by atoms with Crippen molar-refractivity contribution in [2.24, 2.45) is 0 Å². The minimum Gasteiger partial charge on any atom is -0.374 e. The summed E-state index contributed by atoms with van der Waals surface area (Å²) in [5.41, 5.74) is 3.28. The fourth-order valence-electron chi connectivity index (χ4n) is 4.97. The number of hydrogen-bond acceptors (Lipinski definition) is 7. The number of hydrogen-bond donors (Lipinski definition) is 0. The lowest BCUT2D eigenvalue weighted by Gasteiger charge is -2.44. The molecule has 0 radical (unpaired) electrons. The molecule has 5 rings (SSSR count). The smallest absolute Gasteiger partial charge is 0.172 e. The van der Waals surface area contributed by atoms with Crippen LogP contribution in [0.25, 0.3) is 0 Å². The summed E-state index contributed by atoms with van der Waals surface area (Å²) in [6, 6.07) is 30.4. The molecule has 1 unspecified atom stereocenters.